The number of rotatable bonds is 11. The van der Waals surface area contributed by atoms with Gasteiger partial charge in [-0.25, -0.2) is 4.57 Å². The zero-order valence-corrected chi connectivity index (χ0v) is 18.5. The van der Waals surface area contributed by atoms with Gasteiger partial charge in [-0.3, -0.25) is 0 Å². The summed E-state index contributed by atoms with van der Waals surface area (Å²) < 4.78 is 5.12. The van der Waals surface area contributed by atoms with Crippen molar-refractivity contribution in [3.8, 4) is 11.1 Å². The summed E-state index contributed by atoms with van der Waals surface area (Å²) >= 11 is 0. The Hall–Kier alpha value is -2.34. The van der Waals surface area contributed by atoms with Gasteiger partial charge < -0.3 is 14.9 Å². The lowest BCUT2D eigenvalue weighted by atomic mass is 9.97. The number of aromatic nitrogens is 2. The first kappa shape index (κ1) is 22.3. The average molecular weight is 411 g/mol. The van der Waals surface area contributed by atoms with Crippen molar-refractivity contribution in [2.24, 2.45) is 5.92 Å². The van der Waals surface area contributed by atoms with E-state index in [1.54, 1.807) is 0 Å². The van der Waals surface area contributed by atoms with Gasteiger partial charge in [0.25, 0.3) is 0 Å². The lowest BCUT2D eigenvalue weighted by Crippen LogP contribution is -2.96. The summed E-state index contributed by atoms with van der Waals surface area (Å²) in [5.74, 6) is 0.947. The normalized spacial score (nSPS) is 15.2. The van der Waals surface area contributed by atoms with E-state index in [2.05, 4.69) is 89.9 Å². The summed E-state index contributed by atoms with van der Waals surface area (Å²) in [6, 6.07) is 8.73. The maximum atomic E-state index is 8.98. The van der Waals surface area contributed by atoms with Gasteiger partial charge in [0.05, 0.1) is 45.8 Å². The SMILES string of the molecule is C[N+](C)(/C=C/C=C/[n+]1ccc(-c2cc[n+](CCCC3C[NH2+]C3)cc2)cc1)CCCO. The van der Waals surface area contributed by atoms with Crippen LogP contribution in [0.4, 0.5) is 0 Å². The Morgan fingerprint density at radius 2 is 1.67 bits per heavy atom. The maximum Gasteiger partial charge on any atom is 0.175 e. The molecule has 0 unspecified atom stereocenters. The van der Waals surface area contributed by atoms with Crippen molar-refractivity contribution in [2.45, 2.75) is 25.8 Å². The van der Waals surface area contributed by atoms with Crippen molar-refractivity contribution in [1.29, 1.82) is 0 Å². The molecule has 1 aliphatic rings. The highest BCUT2D eigenvalue weighted by molar-refractivity contribution is 5.61. The number of hydrogen-bond donors (Lipinski definition) is 2. The number of aliphatic hydroxyl groups is 1. The molecule has 3 heterocycles. The number of quaternary nitrogens is 2. The Labute approximate surface area is 181 Å². The largest absolute Gasteiger partial charge is 0.396 e. The van der Waals surface area contributed by atoms with Crippen LogP contribution in [0.25, 0.3) is 17.3 Å². The van der Waals surface area contributed by atoms with E-state index in [9.17, 15) is 0 Å². The third-order valence-electron chi connectivity index (χ3n) is 5.86. The van der Waals surface area contributed by atoms with E-state index in [4.69, 9.17) is 5.11 Å². The van der Waals surface area contributed by atoms with Gasteiger partial charge in [0.2, 0.25) is 0 Å². The van der Waals surface area contributed by atoms with Gasteiger partial charge in [-0.2, -0.15) is 4.57 Å². The topological polar surface area (TPSA) is 44.6 Å². The van der Waals surface area contributed by atoms with Crippen LogP contribution in [-0.4, -0.2) is 49.9 Å². The molecule has 30 heavy (non-hydrogen) atoms. The van der Waals surface area contributed by atoms with Crippen molar-refractivity contribution in [1.82, 2.24) is 0 Å². The Bertz CT molecular complexity index is 821. The number of aryl methyl sites for hydroxylation is 1. The molecule has 0 bridgehead atoms. The molecule has 160 valence electrons. The van der Waals surface area contributed by atoms with Crippen LogP contribution in [0.2, 0.25) is 0 Å². The summed E-state index contributed by atoms with van der Waals surface area (Å²) in [5, 5.41) is 11.4. The van der Waals surface area contributed by atoms with E-state index >= 15 is 0 Å². The number of nitrogens with zero attached hydrogens (tertiary/aromatic N) is 3. The Morgan fingerprint density at radius 3 is 2.27 bits per heavy atom. The Kier molecular flexibility index (Phi) is 8.31. The minimum atomic E-state index is 0.244. The van der Waals surface area contributed by atoms with E-state index in [1.165, 1.54) is 37.1 Å². The summed E-state index contributed by atoms with van der Waals surface area (Å²) in [6.45, 7) is 4.93. The molecule has 0 aromatic carbocycles. The molecular weight excluding hydrogens is 372 g/mol. The van der Waals surface area contributed by atoms with Crippen LogP contribution in [0.5, 0.6) is 0 Å². The van der Waals surface area contributed by atoms with Gasteiger partial charge in [-0.15, -0.1) is 0 Å². The van der Waals surface area contributed by atoms with E-state index in [-0.39, 0.29) is 6.61 Å². The highest BCUT2D eigenvalue weighted by Crippen LogP contribution is 2.15. The zero-order valence-electron chi connectivity index (χ0n) is 18.5. The van der Waals surface area contributed by atoms with Crippen LogP contribution in [0.1, 0.15) is 19.3 Å². The molecule has 0 spiro atoms. The Balaban J connectivity index is 1.49. The van der Waals surface area contributed by atoms with Crippen molar-refractivity contribution < 1.29 is 24.0 Å². The summed E-state index contributed by atoms with van der Waals surface area (Å²) in [6.07, 6.45) is 20.3. The zero-order chi connectivity index (χ0) is 21.2. The number of pyridine rings is 2. The van der Waals surface area contributed by atoms with Crippen LogP contribution in [0.15, 0.2) is 67.4 Å². The molecule has 0 aliphatic carbocycles. The summed E-state index contributed by atoms with van der Waals surface area (Å²) in [7, 11) is 4.28. The number of aliphatic hydroxyl groups excluding tert-OH is 1. The summed E-state index contributed by atoms with van der Waals surface area (Å²) in [5.41, 5.74) is 2.48. The predicted molar refractivity (Wildman–Crippen MR) is 120 cm³/mol. The summed E-state index contributed by atoms with van der Waals surface area (Å²) in [4.78, 5) is 0. The van der Waals surface area contributed by atoms with Crippen LogP contribution in [0, 0.1) is 5.92 Å². The van der Waals surface area contributed by atoms with Gasteiger partial charge in [0, 0.05) is 49.8 Å². The van der Waals surface area contributed by atoms with E-state index < -0.39 is 0 Å². The third-order valence-corrected chi connectivity index (χ3v) is 5.86. The van der Waals surface area contributed by atoms with Crippen molar-refractivity contribution in [3.05, 3.63) is 67.4 Å². The fourth-order valence-corrected chi connectivity index (χ4v) is 3.71. The van der Waals surface area contributed by atoms with Gasteiger partial charge in [0.15, 0.2) is 31.0 Å². The fraction of sp³-hybridized carbons (Fsp3) is 0.440. The number of nitrogens with two attached hydrogens (primary N) is 1. The average Bonchev–Trinajstić information content (AvgIpc) is 2.72. The van der Waals surface area contributed by atoms with Crippen LogP contribution in [0.3, 0.4) is 0 Å². The van der Waals surface area contributed by atoms with E-state index in [0.717, 1.165) is 29.9 Å². The molecule has 5 heteroatoms. The smallest absolute Gasteiger partial charge is 0.175 e. The van der Waals surface area contributed by atoms with Gasteiger partial charge in [-0.1, -0.05) is 0 Å². The molecule has 0 radical (unpaired) electrons. The van der Waals surface area contributed by atoms with Crippen LogP contribution < -0.4 is 14.5 Å². The minimum absolute atomic E-state index is 0.244. The lowest BCUT2D eigenvalue weighted by Gasteiger charge is -2.24. The van der Waals surface area contributed by atoms with Gasteiger partial charge in [-0.05, 0) is 23.6 Å². The third kappa shape index (κ3) is 7.17. The predicted octanol–water partition coefficient (Wildman–Crippen LogP) is 1.35. The second kappa shape index (κ2) is 11.2. The van der Waals surface area contributed by atoms with E-state index in [1.807, 2.05) is 12.3 Å². The van der Waals surface area contributed by atoms with Crippen LogP contribution >= 0.6 is 0 Å². The second-order valence-electron chi connectivity index (χ2n) is 8.89. The Morgan fingerprint density at radius 1 is 1.00 bits per heavy atom. The molecule has 1 fully saturated rings. The van der Waals surface area contributed by atoms with Crippen molar-refractivity contribution in [2.75, 3.05) is 40.3 Å². The monoisotopic (exact) mass is 410 g/mol. The first-order valence-electron chi connectivity index (χ1n) is 11.2. The molecule has 0 amide bonds. The highest BCUT2D eigenvalue weighted by atomic mass is 16.3. The van der Waals surface area contributed by atoms with Crippen LogP contribution in [-0.2, 0) is 6.54 Å². The molecule has 0 saturated carbocycles. The maximum absolute atomic E-state index is 8.98. The standard InChI is InChI=1S/C25H37N4O/c1-29(2,19-6-20-30)18-4-3-12-27-14-8-24(9-15-27)25-10-16-28(17-11-25)13-5-7-23-21-26-22-23/h3-4,8-12,14-18,23,26,30H,5-7,13,19-22H2,1-2H3/q+3/p+1/b12-3+,18-4+. The molecule has 3 N–H and O–H groups in total. The fourth-order valence-electron chi connectivity index (χ4n) is 3.71. The van der Waals surface area contributed by atoms with Crippen molar-refractivity contribution in [3.63, 3.8) is 0 Å². The van der Waals surface area contributed by atoms with Gasteiger partial charge >= 0.3 is 0 Å². The second-order valence-corrected chi connectivity index (χ2v) is 8.89. The first-order chi connectivity index (χ1) is 14.6. The molecule has 3 rings (SSSR count). The lowest BCUT2D eigenvalue weighted by molar-refractivity contribution is -0.839. The highest BCUT2D eigenvalue weighted by Gasteiger charge is 2.21. The molecule has 1 aliphatic heterocycles. The molecule has 5 nitrogen and oxygen atoms in total. The molecular formula is C25H38N4O+4. The minimum Gasteiger partial charge on any atom is -0.396 e. The van der Waals surface area contributed by atoms with Crippen molar-refractivity contribution >= 4 is 6.20 Å². The quantitative estimate of drug-likeness (QED) is 0.328. The van der Waals surface area contributed by atoms with E-state index in [0.29, 0.717) is 0 Å². The molecule has 0 atom stereocenters. The van der Waals surface area contributed by atoms with Gasteiger partial charge in [0.1, 0.15) is 6.54 Å². The molecule has 2 aromatic rings. The number of allylic oxidation sites excluding steroid dienone is 2. The first-order valence-corrected chi connectivity index (χ1v) is 11.2. The molecule has 1 saturated heterocycles. The molecule has 2 aromatic heterocycles. The number of hydrogen-bond acceptors (Lipinski definition) is 1.